The molecule has 0 radical (unpaired) electrons. The Kier molecular flexibility index (Phi) is 3.45. The molecule has 1 aliphatic carbocycles. The van der Waals surface area contributed by atoms with Gasteiger partial charge in [-0.1, -0.05) is 0 Å². The number of halogens is 3. The zero-order valence-corrected chi connectivity index (χ0v) is 10.3. The second-order valence-corrected chi connectivity index (χ2v) is 4.69. The zero-order chi connectivity index (χ0) is 15.0. The first-order valence-corrected chi connectivity index (χ1v) is 5.88. The fourth-order valence-corrected chi connectivity index (χ4v) is 1.98. The van der Waals surface area contributed by atoms with E-state index in [-0.39, 0.29) is 0 Å². The summed E-state index contributed by atoms with van der Waals surface area (Å²) < 4.78 is 37.8. The van der Waals surface area contributed by atoms with E-state index in [2.05, 4.69) is 10.4 Å². The van der Waals surface area contributed by atoms with E-state index < -0.39 is 35.8 Å². The smallest absolute Gasteiger partial charge is 0.435 e. The van der Waals surface area contributed by atoms with Crippen LogP contribution < -0.4 is 5.32 Å². The van der Waals surface area contributed by atoms with Gasteiger partial charge < -0.3 is 10.4 Å². The molecule has 0 unspecified atom stereocenters. The molecule has 0 aliphatic heterocycles. The number of carboxylic acid groups (broad SMARTS) is 1. The van der Waals surface area contributed by atoms with Gasteiger partial charge in [0.2, 0.25) is 5.91 Å². The average molecular weight is 291 g/mol. The van der Waals surface area contributed by atoms with Gasteiger partial charge in [0.15, 0.2) is 5.69 Å². The summed E-state index contributed by atoms with van der Waals surface area (Å²) in [6.07, 6.45) is -2.22. The van der Waals surface area contributed by atoms with E-state index in [1.54, 1.807) is 0 Å². The number of alkyl halides is 3. The molecule has 0 atom stereocenters. The van der Waals surface area contributed by atoms with Crippen LogP contribution in [0.2, 0.25) is 0 Å². The van der Waals surface area contributed by atoms with E-state index >= 15 is 0 Å². The molecule has 0 spiro atoms. The molecule has 0 bridgehead atoms. The van der Waals surface area contributed by atoms with Crippen LogP contribution >= 0.6 is 0 Å². The molecule has 1 heterocycles. The maximum Gasteiger partial charge on any atom is 0.435 e. The molecule has 6 nitrogen and oxygen atoms in total. The number of hydrogen-bond donors (Lipinski definition) is 2. The number of nitrogens with zero attached hydrogens (tertiary/aromatic N) is 2. The lowest BCUT2D eigenvalue weighted by Gasteiger charge is -2.38. The molecule has 1 fully saturated rings. The molecular weight excluding hydrogens is 279 g/mol. The van der Waals surface area contributed by atoms with Gasteiger partial charge in [0.25, 0.3) is 0 Å². The van der Waals surface area contributed by atoms with Gasteiger partial charge in [0.1, 0.15) is 12.1 Å². The summed E-state index contributed by atoms with van der Waals surface area (Å²) >= 11 is 0. The van der Waals surface area contributed by atoms with Gasteiger partial charge in [-0.15, -0.1) is 0 Å². The molecule has 9 heteroatoms. The molecule has 1 amide bonds. The quantitative estimate of drug-likeness (QED) is 0.867. The van der Waals surface area contributed by atoms with Crippen molar-refractivity contribution in [2.24, 2.45) is 0 Å². The van der Waals surface area contributed by atoms with Crippen LogP contribution in [0.3, 0.4) is 0 Å². The number of carbonyl (C=O) groups is 2. The van der Waals surface area contributed by atoms with Crippen molar-refractivity contribution >= 4 is 11.9 Å². The molecule has 2 rings (SSSR count). The maximum atomic E-state index is 12.3. The lowest BCUT2D eigenvalue weighted by molar-refractivity contribution is -0.151. The summed E-state index contributed by atoms with van der Waals surface area (Å²) in [7, 11) is 0. The van der Waals surface area contributed by atoms with E-state index in [0.717, 1.165) is 16.9 Å². The van der Waals surface area contributed by atoms with E-state index in [4.69, 9.17) is 5.11 Å². The predicted molar refractivity (Wildman–Crippen MR) is 59.6 cm³/mol. The third-order valence-electron chi connectivity index (χ3n) is 3.23. The maximum absolute atomic E-state index is 12.3. The minimum atomic E-state index is -4.57. The number of rotatable bonds is 4. The molecule has 0 saturated heterocycles. The van der Waals surface area contributed by atoms with Crippen molar-refractivity contribution in [1.29, 1.82) is 0 Å². The first kappa shape index (κ1) is 14.4. The van der Waals surface area contributed by atoms with Crippen LogP contribution in [0.15, 0.2) is 12.3 Å². The van der Waals surface area contributed by atoms with Gasteiger partial charge in [-0.05, 0) is 25.3 Å². The van der Waals surface area contributed by atoms with E-state index in [1.807, 2.05) is 0 Å². The highest BCUT2D eigenvalue weighted by atomic mass is 19.4. The third kappa shape index (κ3) is 2.75. The van der Waals surface area contributed by atoms with Crippen molar-refractivity contribution in [2.45, 2.75) is 37.5 Å². The van der Waals surface area contributed by atoms with Gasteiger partial charge in [-0.2, -0.15) is 18.3 Å². The fourth-order valence-electron chi connectivity index (χ4n) is 1.98. The average Bonchev–Trinajstić information content (AvgIpc) is 2.70. The lowest BCUT2D eigenvalue weighted by atomic mass is 9.77. The van der Waals surface area contributed by atoms with Gasteiger partial charge >= 0.3 is 12.1 Å². The van der Waals surface area contributed by atoms with Gasteiger partial charge in [0, 0.05) is 6.20 Å². The molecule has 1 aliphatic rings. The number of carbonyl (C=O) groups excluding carboxylic acids is 1. The second-order valence-electron chi connectivity index (χ2n) is 4.69. The normalized spacial score (nSPS) is 17.4. The molecule has 1 aromatic heterocycles. The van der Waals surface area contributed by atoms with Crippen LogP contribution in [0.1, 0.15) is 25.0 Å². The highest BCUT2D eigenvalue weighted by molar-refractivity contribution is 5.87. The summed E-state index contributed by atoms with van der Waals surface area (Å²) in [6, 6.07) is 0.754. The minimum Gasteiger partial charge on any atom is -0.480 e. The number of hydrogen-bond acceptors (Lipinski definition) is 3. The molecule has 2 N–H and O–H groups in total. The highest BCUT2D eigenvalue weighted by Crippen LogP contribution is 2.32. The Bertz CT molecular complexity index is 535. The van der Waals surface area contributed by atoms with Crippen molar-refractivity contribution in [3.8, 4) is 0 Å². The van der Waals surface area contributed by atoms with Gasteiger partial charge in [0.05, 0.1) is 0 Å². The zero-order valence-electron chi connectivity index (χ0n) is 10.3. The van der Waals surface area contributed by atoms with E-state index in [1.165, 1.54) is 0 Å². The monoisotopic (exact) mass is 291 g/mol. The van der Waals surface area contributed by atoms with Crippen LogP contribution in [0.4, 0.5) is 13.2 Å². The summed E-state index contributed by atoms with van der Waals surface area (Å²) in [5, 5.41) is 14.6. The summed E-state index contributed by atoms with van der Waals surface area (Å²) in [6.45, 7) is -0.453. The molecular formula is C11H12F3N3O3. The largest absolute Gasteiger partial charge is 0.480 e. The standard InChI is InChI=1S/C11H12F3N3O3/c12-11(13,14)7-2-5-17(16-7)6-8(18)15-10(9(19)20)3-1-4-10/h2,5H,1,3-4,6H2,(H,15,18)(H,19,20). The number of carboxylic acids is 1. The van der Waals surface area contributed by atoms with Crippen LogP contribution in [-0.4, -0.2) is 32.3 Å². The van der Waals surface area contributed by atoms with Crippen molar-refractivity contribution < 1.29 is 27.9 Å². The first-order chi connectivity index (χ1) is 9.23. The minimum absolute atomic E-state index is 0.320. The van der Waals surface area contributed by atoms with Crippen LogP contribution in [0.5, 0.6) is 0 Å². The predicted octanol–water partition coefficient (Wildman–Crippen LogP) is 1.03. The topological polar surface area (TPSA) is 84.2 Å². The summed E-state index contributed by atoms with van der Waals surface area (Å²) in [5.41, 5.74) is -2.38. The summed E-state index contributed by atoms with van der Waals surface area (Å²) in [4.78, 5) is 22.7. The molecule has 20 heavy (non-hydrogen) atoms. The van der Waals surface area contributed by atoms with E-state index in [9.17, 15) is 22.8 Å². The summed E-state index contributed by atoms with van der Waals surface area (Å²) in [5.74, 6) is -1.81. The van der Waals surface area contributed by atoms with E-state index in [0.29, 0.717) is 19.3 Å². The van der Waals surface area contributed by atoms with Crippen molar-refractivity contribution in [3.05, 3.63) is 18.0 Å². The second kappa shape index (κ2) is 4.80. The number of aromatic nitrogens is 2. The van der Waals surface area contributed by atoms with Crippen molar-refractivity contribution in [2.75, 3.05) is 0 Å². The highest BCUT2D eigenvalue weighted by Gasteiger charge is 2.45. The Morgan fingerprint density at radius 2 is 2.10 bits per heavy atom. The Hall–Kier alpha value is -2.06. The molecule has 1 aromatic rings. The number of amides is 1. The van der Waals surface area contributed by atoms with Crippen molar-refractivity contribution in [1.82, 2.24) is 15.1 Å². The fraction of sp³-hybridized carbons (Fsp3) is 0.545. The Labute approximate surface area is 111 Å². The Morgan fingerprint density at radius 1 is 1.45 bits per heavy atom. The third-order valence-corrected chi connectivity index (χ3v) is 3.23. The van der Waals surface area contributed by atoms with Crippen molar-refractivity contribution in [3.63, 3.8) is 0 Å². The molecule has 110 valence electrons. The van der Waals surface area contributed by atoms with Gasteiger partial charge in [-0.3, -0.25) is 9.48 Å². The van der Waals surface area contributed by atoms with Crippen LogP contribution in [-0.2, 0) is 22.3 Å². The molecule has 0 aromatic carbocycles. The lowest BCUT2D eigenvalue weighted by Crippen LogP contribution is -2.59. The van der Waals surface area contributed by atoms with Crippen LogP contribution in [0, 0.1) is 0 Å². The number of aliphatic carboxylic acids is 1. The van der Waals surface area contributed by atoms with Crippen LogP contribution in [0.25, 0.3) is 0 Å². The molecule has 1 saturated carbocycles. The SMILES string of the molecule is O=C(Cn1ccc(C(F)(F)F)n1)NC1(C(=O)O)CCC1. The Balaban J connectivity index is 1.98. The Morgan fingerprint density at radius 3 is 2.50 bits per heavy atom. The van der Waals surface area contributed by atoms with Gasteiger partial charge in [-0.25, -0.2) is 4.79 Å². The first-order valence-electron chi connectivity index (χ1n) is 5.88. The number of nitrogens with one attached hydrogen (secondary N) is 1.